The smallest absolute Gasteiger partial charge is 0.235 e. The first kappa shape index (κ1) is 19.2. The van der Waals surface area contributed by atoms with Crippen LogP contribution in [0.25, 0.3) is 0 Å². The fourth-order valence-electron chi connectivity index (χ4n) is 1.95. The normalized spacial score (nSPS) is 11.3. The molecule has 1 aromatic rings. The molecule has 23 heavy (non-hydrogen) atoms. The van der Waals surface area contributed by atoms with E-state index in [1.165, 1.54) is 14.2 Å². The lowest BCUT2D eigenvalue weighted by Crippen LogP contribution is -2.40. The van der Waals surface area contributed by atoms with Gasteiger partial charge in [0.05, 0.1) is 27.0 Å². The summed E-state index contributed by atoms with van der Waals surface area (Å²) >= 11 is 0. The SMILES string of the molecule is CCCNC(=O)CN(Cc1ccc(OC)c(OC)c1)S(C)(=O)=O. The Morgan fingerprint density at radius 2 is 1.87 bits per heavy atom. The molecular formula is C15H24N2O5S. The minimum absolute atomic E-state index is 0.0821. The number of amides is 1. The minimum Gasteiger partial charge on any atom is -0.493 e. The van der Waals surface area contributed by atoms with Gasteiger partial charge in [0.25, 0.3) is 0 Å². The molecule has 0 fully saturated rings. The molecule has 0 aliphatic carbocycles. The Labute approximate surface area is 137 Å². The Kier molecular flexibility index (Phi) is 7.31. The summed E-state index contributed by atoms with van der Waals surface area (Å²) in [7, 11) is -0.484. The number of benzene rings is 1. The van der Waals surface area contributed by atoms with Crippen molar-refractivity contribution >= 4 is 15.9 Å². The molecule has 1 aromatic carbocycles. The van der Waals surface area contributed by atoms with Crippen molar-refractivity contribution in [1.82, 2.24) is 9.62 Å². The third kappa shape index (κ3) is 6.07. The number of rotatable bonds is 9. The van der Waals surface area contributed by atoms with Gasteiger partial charge in [0.2, 0.25) is 15.9 Å². The van der Waals surface area contributed by atoms with Crippen molar-refractivity contribution in [1.29, 1.82) is 0 Å². The number of hydrogen-bond acceptors (Lipinski definition) is 5. The van der Waals surface area contributed by atoms with Gasteiger partial charge in [0.1, 0.15) is 0 Å². The van der Waals surface area contributed by atoms with Crippen LogP contribution in [-0.4, -0.2) is 52.2 Å². The maximum Gasteiger partial charge on any atom is 0.235 e. The molecule has 0 heterocycles. The van der Waals surface area contributed by atoms with Gasteiger partial charge >= 0.3 is 0 Å². The highest BCUT2D eigenvalue weighted by atomic mass is 32.2. The van der Waals surface area contributed by atoms with Gasteiger partial charge < -0.3 is 14.8 Å². The van der Waals surface area contributed by atoms with Gasteiger partial charge in [0.15, 0.2) is 11.5 Å². The van der Waals surface area contributed by atoms with E-state index in [-0.39, 0.29) is 19.0 Å². The highest BCUT2D eigenvalue weighted by Gasteiger charge is 2.21. The molecule has 0 aromatic heterocycles. The summed E-state index contributed by atoms with van der Waals surface area (Å²) in [6.45, 7) is 2.32. The number of hydrogen-bond donors (Lipinski definition) is 1. The van der Waals surface area contributed by atoms with E-state index in [1.807, 2.05) is 6.92 Å². The van der Waals surface area contributed by atoms with Gasteiger partial charge in [-0.3, -0.25) is 4.79 Å². The lowest BCUT2D eigenvalue weighted by atomic mass is 10.2. The van der Waals surface area contributed by atoms with Gasteiger partial charge in [-0.2, -0.15) is 4.31 Å². The van der Waals surface area contributed by atoms with Crippen LogP contribution in [0.1, 0.15) is 18.9 Å². The Morgan fingerprint density at radius 1 is 1.22 bits per heavy atom. The maximum atomic E-state index is 11.9. The molecule has 1 N–H and O–H groups in total. The highest BCUT2D eigenvalue weighted by molar-refractivity contribution is 7.88. The second-order valence-corrected chi connectivity index (χ2v) is 7.05. The topological polar surface area (TPSA) is 84.9 Å². The molecule has 0 unspecified atom stereocenters. The molecule has 0 saturated carbocycles. The number of methoxy groups -OCH3 is 2. The van der Waals surface area contributed by atoms with E-state index in [0.717, 1.165) is 17.0 Å². The van der Waals surface area contributed by atoms with Gasteiger partial charge in [-0.25, -0.2) is 8.42 Å². The molecule has 0 aliphatic heterocycles. The zero-order chi connectivity index (χ0) is 17.5. The van der Waals surface area contributed by atoms with Crippen LogP contribution in [0.5, 0.6) is 11.5 Å². The number of nitrogens with one attached hydrogen (secondary N) is 1. The quantitative estimate of drug-likeness (QED) is 0.722. The molecule has 0 spiro atoms. The molecule has 1 amide bonds. The summed E-state index contributed by atoms with van der Waals surface area (Å²) in [5, 5.41) is 2.67. The van der Waals surface area contributed by atoms with Crippen molar-refractivity contribution in [3.8, 4) is 11.5 Å². The van der Waals surface area contributed by atoms with E-state index in [2.05, 4.69) is 5.32 Å². The van der Waals surface area contributed by atoms with Crippen molar-refractivity contribution in [3.05, 3.63) is 23.8 Å². The Balaban J connectivity index is 2.92. The monoisotopic (exact) mass is 344 g/mol. The molecule has 0 radical (unpaired) electrons. The molecule has 1 rings (SSSR count). The van der Waals surface area contributed by atoms with E-state index in [0.29, 0.717) is 23.6 Å². The largest absolute Gasteiger partial charge is 0.493 e. The van der Waals surface area contributed by atoms with Gasteiger partial charge in [-0.15, -0.1) is 0 Å². The van der Waals surface area contributed by atoms with Crippen LogP contribution in [0.2, 0.25) is 0 Å². The third-order valence-corrected chi connectivity index (χ3v) is 4.36. The molecular weight excluding hydrogens is 320 g/mol. The summed E-state index contributed by atoms with van der Waals surface area (Å²) in [6, 6.07) is 5.14. The Hall–Kier alpha value is -1.80. The molecule has 130 valence electrons. The number of ether oxygens (including phenoxy) is 2. The molecule has 0 bridgehead atoms. The van der Waals surface area contributed by atoms with Crippen LogP contribution in [0.4, 0.5) is 0 Å². The molecule has 0 aliphatic rings. The fraction of sp³-hybridized carbons (Fsp3) is 0.533. The second-order valence-electron chi connectivity index (χ2n) is 5.07. The van der Waals surface area contributed by atoms with E-state index in [4.69, 9.17) is 9.47 Å². The zero-order valence-electron chi connectivity index (χ0n) is 14.0. The standard InChI is InChI=1S/C15H24N2O5S/c1-5-8-16-15(18)11-17(23(4,19)20)10-12-6-7-13(21-2)14(9-12)22-3/h6-7,9H,5,8,10-11H2,1-4H3,(H,16,18). The molecule has 0 saturated heterocycles. The van der Waals surface area contributed by atoms with E-state index in [9.17, 15) is 13.2 Å². The average molecular weight is 344 g/mol. The molecule has 8 heteroatoms. The number of nitrogens with zero attached hydrogens (tertiary/aromatic N) is 1. The van der Waals surface area contributed by atoms with Crippen LogP contribution >= 0.6 is 0 Å². The van der Waals surface area contributed by atoms with Crippen LogP contribution in [0.15, 0.2) is 18.2 Å². The van der Waals surface area contributed by atoms with Crippen molar-refractivity contribution in [2.45, 2.75) is 19.9 Å². The lowest BCUT2D eigenvalue weighted by molar-refractivity contribution is -0.121. The zero-order valence-corrected chi connectivity index (χ0v) is 14.8. The summed E-state index contributed by atoms with van der Waals surface area (Å²) < 4.78 is 35.3. The first-order valence-electron chi connectivity index (χ1n) is 7.24. The third-order valence-electron chi connectivity index (χ3n) is 3.17. The van der Waals surface area contributed by atoms with Crippen LogP contribution in [-0.2, 0) is 21.4 Å². The maximum absolute atomic E-state index is 11.9. The Morgan fingerprint density at radius 3 is 2.39 bits per heavy atom. The highest BCUT2D eigenvalue weighted by Crippen LogP contribution is 2.28. The van der Waals surface area contributed by atoms with Gasteiger partial charge in [-0.05, 0) is 24.1 Å². The molecule has 0 atom stereocenters. The summed E-state index contributed by atoms with van der Waals surface area (Å²) in [4.78, 5) is 11.8. The van der Waals surface area contributed by atoms with Gasteiger partial charge in [-0.1, -0.05) is 13.0 Å². The molecule has 7 nitrogen and oxygen atoms in total. The van der Waals surface area contributed by atoms with Crippen LogP contribution < -0.4 is 14.8 Å². The predicted molar refractivity (Wildman–Crippen MR) is 88.1 cm³/mol. The van der Waals surface area contributed by atoms with Gasteiger partial charge in [0, 0.05) is 13.1 Å². The summed E-state index contributed by atoms with van der Waals surface area (Å²) in [5.74, 6) is 0.745. The summed E-state index contributed by atoms with van der Waals surface area (Å²) in [5.41, 5.74) is 0.705. The predicted octanol–water partition coefficient (Wildman–Crippen LogP) is 0.992. The number of carbonyl (C=O) groups excluding carboxylic acids is 1. The van der Waals surface area contributed by atoms with E-state index >= 15 is 0 Å². The van der Waals surface area contributed by atoms with Crippen LogP contribution in [0.3, 0.4) is 0 Å². The Bertz CT molecular complexity index is 631. The van der Waals surface area contributed by atoms with E-state index < -0.39 is 10.0 Å². The number of carbonyl (C=O) groups is 1. The number of sulfonamides is 1. The van der Waals surface area contributed by atoms with Crippen molar-refractivity contribution in [2.24, 2.45) is 0 Å². The van der Waals surface area contributed by atoms with Crippen molar-refractivity contribution < 1.29 is 22.7 Å². The van der Waals surface area contributed by atoms with Crippen molar-refractivity contribution in [3.63, 3.8) is 0 Å². The van der Waals surface area contributed by atoms with Crippen molar-refractivity contribution in [2.75, 3.05) is 33.6 Å². The van der Waals surface area contributed by atoms with E-state index in [1.54, 1.807) is 18.2 Å². The second kappa shape index (κ2) is 8.73. The fourth-order valence-corrected chi connectivity index (χ4v) is 2.69. The average Bonchev–Trinajstić information content (AvgIpc) is 2.51. The lowest BCUT2D eigenvalue weighted by Gasteiger charge is -2.20. The first-order chi connectivity index (χ1) is 10.8. The first-order valence-corrected chi connectivity index (χ1v) is 9.09. The summed E-state index contributed by atoms with van der Waals surface area (Å²) in [6.07, 6.45) is 1.88. The van der Waals surface area contributed by atoms with Crippen LogP contribution in [0, 0.1) is 0 Å². The minimum atomic E-state index is -3.52.